The first-order chi connectivity index (χ1) is 16.2. The highest BCUT2D eigenvalue weighted by atomic mass is 16.7. The van der Waals surface area contributed by atoms with Gasteiger partial charge in [0, 0.05) is 17.8 Å². The number of carbonyl (C=O) groups excluding carboxylic acids is 2. The van der Waals surface area contributed by atoms with E-state index in [1.807, 2.05) is 30.3 Å². The van der Waals surface area contributed by atoms with Crippen LogP contribution in [0.4, 0.5) is 5.69 Å². The second-order valence-corrected chi connectivity index (χ2v) is 8.35. The second kappa shape index (κ2) is 9.40. The smallest absolute Gasteiger partial charge is 0.294 e. The van der Waals surface area contributed by atoms with Gasteiger partial charge in [-0.1, -0.05) is 49.6 Å². The maximum Gasteiger partial charge on any atom is 0.294 e. The van der Waals surface area contributed by atoms with Crippen molar-refractivity contribution in [3.63, 3.8) is 0 Å². The van der Waals surface area contributed by atoms with Crippen LogP contribution in [-0.4, -0.2) is 24.6 Å². The number of ether oxygens (including phenoxy) is 2. The molecule has 7 heteroatoms. The lowest BCUT2D eigenvalue weighted by atomic mass is 9.94. The molecule has 1 aromatic heterocycles. The van der Waals surface area contributed by atoms with Crippen molar-refractivity contribution in [3.8, 4) is 11.5 Å². The third-order valence-corrected chi connectivity index (χ3v) is 6.16. The van der Waals surface area contributed by atoms with Crippen molar-refractivity contribution in [2.24, 2.45) is 0 Å². The predicted molar refractivity (Wildman–Crippen MR) is 122 cm³/mol. The number of fused-ring (bicyclic) bond motifs is 1. The van der Waals surface area contributed by atoms with Crippen molar-refractivity contribution in [3.05, 3.63) is 78.3 Å². The molecule has 170 valence electrons. The molecule has 1 unspecified atom stereocenters. The average Bonchev–Trinajstić information content (AvgIpc) is 3.55. The van der Waals surface area contributed by atoms with Crippen LogP contribution in [0.5, 0.6) is 11.5 Å². The summed E-state index contributed by atoms with van der Waals surface area (Å²) in [6.07, 6.45) is 6.72. The summed E-state index contributed by atoms with van der Waals surface area (Å²) in [5.74, 6) is 0.660. The van der Waals surface area contributed by atoms with Crippen molar-refractivity contribution >= 4 is 17.5 Å². The molecule has 5 rings (SSSR count). The fraction of sp³-hybridized carbons (Fsp3) is 0.308. The fourth-order valence-corrected chi connectivity index (χ4v) is 4.52. The molecule has 33 heavy (non-hydrogen) atoms. The first kappa shape index (κ1) is 21.1. The molecule has 3 aromatic rings. The second-order valence-electron chi connectivity index (χ2n) is 8.35. The minimum Gasteiger partial charge on any atom is -0.459 e. The van der Waals surface area contributed by atoms with Gasteiger partial charge in [0.15, 0.2) is 17.3 Å². The third kappa shape index (κ3) is 4.44. The topological polar surface area (TPSA) is 81.0 Å². The van der Waals surface area contributed by atoms with Crippen molar-refractivity contribution in [1.82, 2.24) is 5.32 Å². The normalized spacial score (nSPS) is 16.2. The van der Waals surface area contributed by atoms with E-state index in [0.717, 1.165) is 25.7 Å². The van der Waals surface area contributed by atoms with Crippen LogP contribution in [-0.2, 0) is 4.79 Å². The first-order valence-corrected chi connectivity index (χ1v) is 11.3. The summed E-state index contributed by atoms with van der Waals surface area (Å²) < 4.78 is 16.4. The molecule has 2 amide bonds. The SMILES string of the molecule is O=C(NC1CCCCC1)C(c1ccccc1)N(C(=O)c1ccco1)c1ccc2c(c1)OCO2. The number of benzene rings is 2. The fourth-order valence-electron chi connectivity index (χ4n) is 4.52. The van der Waals surface area contributed by atoms with Gasteiger partial charge in [-0.05, 0) is 42.7 Å². The molecular formula is C26H26N2O5. The largest absolute Gasteiger partial charge is 0.459 e. The summed E-state index contributed by atoms with van der Waals surface area (Å²) in [5.41, 5.74) is 1.23. The number of anilines is 1. The van der Waals surface area contributed by atoms with Crippen LogP contribution in [0.15, 0.2) is 71.3 Å². The summed E-state index contributed by atoms with van der Waals surface area (Å²) in [7, 11) is 0. The van der Waals surface area contributed by atoms with E-state index in [9.17, 15) is 9.59 Å². The Hall–Kier alpha value is -3.74. The molecule has 1 aliphatic heterocycles. The van der Waals surface area contributed by atoms with Crippen LogP contribution in [0, 0.1) is 0 Å². The lowest BCUT2D eigenvalue weighted by Gasteiger charge is -2.33. The average molecular weight is 447 g/mol. The minimum atomic E-state index is -0.883. The molecule has 2 aliphatic rings. The highest BCUT2D eigenvalue weighted by molar-refractivity contribution is 6.08. The number of hydrogen-bond acceptors (Lipinski definition) is 5. The zero-order chi connectivity index (χ0) is 22.6. The molecule has 0 radical (unpaired) electrons. The minimum absolute atomic E-state index is 0.106. The zero-order valence-electron chi connectivity index (χ0n) is 18.2. The Morgan fingerprint density at radius 2 is 1.70 bits per heavy atom. The standard InChI is InChI=1S/C26H26N2O5/c29-25(27-19-10-5-2-6-11-19)24(18-8-3-1-4-9-18)28(26(30)22-12-7-15-31-22)20-13-14-21-23(16-20)33-17-32-21/h1,3-4,7-9,12-16,19,24H,2,5-6,10-11,17H2,(H,27,29). The van der Waals surface area contributed by atoms with Crippen LogP contribution < -0.4 is 19.7 Å². The van der Waals surface area contributed by atoms with E-state index in [1.54, 1.807) is 30.3 Å². The van der Waals surface area contributed by atoms with Gasteiger partial charge in [0.05, 0.1) is 6.26 Å². The van der Waals surface area contributed by atoms with Gasteiger partial charge in [0.1, 0.15) is 6.04 Å². The molecule has 1 aliphatic carbocycles. The molecule has 1 N–H and O–H groups in total. The van der Waals surface area contributed by atoms with Gasteiger partial charge in [0.25, 0.3) is 5.91 Å². The quantitative estimate of drug-likeness (QED) is 0.586. The van der Waals surface area contributed by atoms with Gasteiger partial charge >= 0.3 is 0 Å². The summed E-state index contributed by atoms with van der Waals surface area (Å²) in [6.45, 7) is 0.120. The van der Waals surface area contributed by atoms with Crippen LogP contribution in [0.25, 0.3) is 0 Å². The van der Waals surface area contributed by atoms with E-state index in [0.29, 0.717) is 22.7 Å². The Morgan fingerprint density at radius 1 is 0.909 bits per heavy atom. The summed E-state index contributed by atoms with van der Waals surface area (Å²) in [4.78, 5) is 28.9. The van der Waals surface area contributed by atoms with E-state index in [-0.39, 0.29) is 24.5 Å². The number of furan rings is 1. The number of amides is 2. The predicted octanol–water partition coefficient (Wildman–Crippen LogP) is 4.85. The van der Waals surface area contributed by atoms with Crippen molar-refractivity contribution in [2.75, 3.05) is 11.7 Å². The maximum atomic E-state index is 13.7. The van der Waals surface area contributed by atoms with Gasteiger partial charge in [-0.25, -0.2) is 0 Å². The molecular weight excluding hydrogens is 420 g/mol. The Morgan fingerprint density at radius 3 is 2.45 bits per heavy atom. The number of nitrogens with one attached hydrogen (secondary N) is 1. The van der Waals surface area contributed by atoms with E-state index >= 15 is 0 Å². The van der Waals surface area contributed by atoms with Crippen LogP contribution in [0.3, 0.4) is 0 Å². The van der Waals surface area contributed by atoms with E-state index in [4.69, 9.17) is 13.9 Å². The van der Waals surface area contributed by atoms with Gasteiger partial charge in [0.2, 0.25) is 12.7 Å². The molecule has 0 bridgehead atoms. The Labute approximate surface area is 192 Å². The van der Waals surface area contributed by atoms with Crippen molar-refractivity contribution < 1.29 is 23.5 Å². The van der Waals surface area contributed by atoms with Crippen molar-refractivity contribution in [2.45, 2.75) is 44.2 Å². The van der Waals surface area contributed by atoms with Gasteiger partial charge in [-0.2, -0.15) is 0 Å². The molecule has 1 atom stereocenters. The zero-order valence-corrected chi connectivity index (χ0v) is 18.2. The first-order valence-electron chi connectivity index (χ1n) is 11.3. The van der Waals surface area contributed by atoms with E-state index < -0.39 is 11.9 Å². The summed E-state index contributed by atoms with van der Waals surface area (Å²) in [5, 5.41) is 3.20. The van der Waals surface area contributed by atoms with Gasteiger partial charge < -0.3 is 19.2 Å². The Bertz CT molecular complexity index is 1110. The molecule has 1 fully saturated rings. The van der Waals surface area contributed by atoms with Crippen LogP contribution in [0.1, 0.15) is 54.3 Å². The molecule has 0 saturated heterocycles. The van der Waals surface area contributed by atoms with Gasteiger partial charge in [-0.15, -0.1) is 0 Å². The number of hydrogen-bond donors (Lipinski definition) is 1. The number of nitrogens with zero attached hydrogens (tertiary/aromatic N) is 1. The summed E-state index contributed by atoms with van der Waals surface area (Å²) in [6, 6.07) is 17.1. The third-order valence-electron chi connectivity index (χ3n) is 6.16. The van der Waals surface area contributed by atoms with E-state index in [2.05, 4.69) is 5.32 Å². The van der Waals surface area contributed by atoms with Crippen LogP contribution >= 0.6 is 0 Å². The van der Waals surface area contributed by atoms with E-state index in [1.165, 1.54) is 17.6 Å². The molecule has 7 nitrogen and oxygen atoms in total. The monoisotopic (exact) mass is 446 g/mol. The highest BCUT2D eigenvalue weighted by Crippen LogP contribution is 2.39. The molecule has 1 saturated carbocycles. The number of rotatable bonds is 6. The Balaban J connectivity index is 1.57. The lowest BCUT2D eigenvalue weighted by molar-refractivity contribution is -0.123. The highest BCUT2D eigenvalue weighted by Gasteiger charge is 2.36. The van der Waals surface area contributed by atoms with Gasteiger partial charge in [-0.3, -0.25) is 14.5 Å². The molecule has 0 spiro atoms. The lowest BCUT2D eigenvalue weighted by Crippen LogP contribution is -2.47. The summed E-state index contributed by atoms with van der Waals surface area (Å²) >= 11 is 0. The number of carbonyl (C=O) groups is 2. The Kier molecular flexibility index (Phi) is 6.02. The van der Waals surface area contributed by atoms with Crippen molar-refractivity contribution in [1.29, 1.82) is 0 Å². The molecule has 2 aromatic carbocycles. The maximum absolute atomic E-state index is 13.7. The molecule has 2 heterocycles. The van der Waals surface area contributed by atoms with Crippen LogP contribution in [0.2, 0.25) is 0 Å².